The molecule has 6 aromatic rings. The van der Waals surface area contributed by atoms with E-state index in [0.29, 0.717) is 11.1 Å². The Hall–Kier alpha value is -6.06. The van der Waals surface area contributed by atoms with Crippen LogP contribution in [0, 0.1) is 0 Å². The van der Waals surface area contributed by atoms with Gasteiger partial charge in [-0.1, -0.05) is 118 Å². The topological polar surface area (TPSA) is 37.4 Å². The van der Waals surface area contributed by atoms with E-state index in [4.69, 9.17) is 0 Å². The minimum atomic E-state index is -0.213. The third-order valence-electron chi connectivity index (χ3n) is 12.3. The molecule has 0 N–H and O–H groups in total. The average molecular weight is 686 g/mol. The summed E-state index contributed by atoms with van der Waals surface area (Å²) in [6, 6.07) is 42.4. The summed E-state index contributed by atoms with van der Waals surface area (Å²) in [5.74, 6) is -0.426. The second kappa shape index (κ2) is 11.2. The molecule has 0 unspecified atom stereocenters. The first-order chi connectivity index (χ1) is 25.6. The van der Waals surface area contributed by atoms with Crippen molar-refractivity contribution < 1.29 is 9.59 Å². The molecule has 3 heteroatoms. The van der Waals surface area contributed by atoms with Gasteiger partial charge in [0.05, 0.1) is 5.57 Å². The first-order valence-electron chi connectivity index (χ1n) is 18.6. The van der Waals surface area contributed by atoms with Crippen LogP contribution in [-0.4, -0.2) is 11.6 Å². The second-order valence-corrected chi connectivity index (χ2v) is 16.0. The van der Waals surface area contributed by atoms with Crippen molar-refractivity contribution in [1.29, 1.82) is 0 Å². The highest BCUT2D eigenvalue weighted by Crippen LogP contribution is 2.53. The molecular weight excluding hydrogens is 647 g/mol. The second-order valence-electron chi connectivity index (χ2n) is 16.0. The summed E-state index contributed by atoms with van der Waals surface area (Å²) in [5, 5.41) is 1.92. The van der Waals surface area contributed by atoms with E-state index in [9.17, 15) is 9.59 Å². The average Bonchev–Trinajstić information content (AvgIpc) is 3.65. The monoisotopic (exact) mass is 685 g/mol. The van der Waals surface area contributed by atoms with E-state index in [1.165, 1.54) is 44.5 Å². The number of anilines is 3. The zero-order valence-electron chi connectivity index (χ0n) is 30.5. The van der Waals surface area contributed by atoms with Crippen LogP contribution in [0.3, 0.4) is 0 Å². The maximum absolute atomic E-state index is 13.6. The normalized spacial score (nSPS) is 17.1. The van der Waals surface area contributed by atoms with Gasteiger partial charge < -0.3 is 4.90 Å². The highest BCUT2D eigenvalue weighted by Gasteiger charge is 2.39. The standard InChI is InChI=1S/C50H39NO2/c1-49(2)43-15-9-7-13-36(43)38-23-21-34(28-45(38)49)51(35-22-24-39-37-14-8-10-16-44(37)50(3,4)46(39)29-35)33-19-17-30(18-20-33)25-42-47(52)40-26-31-11-5-6-12-32(31)27-41(40)48(42)53/h5-9,11-15,17-29H,10,16H2,1-4H3. The molecule has 256 valence electrons. The van der Waals surface area contributed by atoms with Crippen LogP contribution in [0.5, 0.6) is 0 Å². The molecule has 0 saturated heterocycles. The molecule has 4 aliphatic carbocycles. The SMILES string of the molecule is CC1(C)C2=C(C=CCC2)c2ccc(N(c3ccc(C=C4C(=O)c5cc6ccccc6cc5C4=O)cc3)c3ccc4c(c3)C(C)(C)c3ccccc3-4)cc21. The van der Waals surface area contributed by atoms with Crippen LogP contribution in [0.1, 0.15) is 89.1 Å². The summed E-state index contributed by atoms with van der Waals surface area (Å²) < 4.78 is 0. The Morgan fingerprint density at radius 2 is 1.11 bits per heavy atom. The lowest BCUT2D eigenvalue weighted by atomic mass is 9.78. The van der Waals surface area contributed by atoms with E-state index in [-0.39, 0.29) is 28.0 Å². The van der Waals surface area contributed by atoms with Gasteiger partial charge in [0.25, 0.3) is 0 Å². The lowest BCUT2D eigenvalue weighted by molar-refractivity contribution is 0.0990. The maximum atomic E-state index is 13.6. The van der Waals surface area contributed by atoms with Crippen molar-refractivity contribution in [2.45, 2.75) is 51.4 Å². The largest absolute Gasteiger partial charge is 0.310 e. The van der Waals surface area contributed by atoms with Gasteiger partial charge in [0.2, 0.25) is 0 Å². The molecule has 0 aromatic heterocycles. The number of nitrogens with zero attached hydrogens (tertiary/aromatic N) is 1. The number of carbonyl (C=O) groups excluding carboxylic acids is 2. The van der Waals surface area contributed by atoms with E-state index in [2.05, 4.69) is 118 Å². The number of rotatable bonds is 4. The summed E-state index contributed by atoms with van der Waals surface area (Å²) in [6.07, 6.45) is 8.55. The van der Waals surface area contributed by atoms with Gasteiger partial charge in [-0.05, 0) is 123 Å². The molecule has 0 atom stereocenters. The third-order valence-corrected chi connectivity index (χ3v) is 12.3. The maximum Gasteiger partial charge on any atom is 0.197 e. The minimum Gasteiger partial charge on any atom is -0.310 e. The van der Waals surface area contributed by atoms with Gasteiger partial charge in [-0.25, -0.2) is 0 Å². The first kappa shape index (κ1) is 31.7. The Balaban J connectivity index is 1.07. The van der Waals surface area contributed by atoms with E-state index >= 15 is 0 Å². The first-order valence-corrected chi connectivity index (χ1v) is 18.6. The molecule has 53 heavy (non-hydrogen) atoms. The Labute approximate surface area is 310 Å². The highest BCUT2D eigenvalue weighted by atomic mass is 16.2. The van der Waals surface area contributed by atoms with Crippen molar-refractivity contribution in [2.75, 3.05) is 4.90 Å². The predicted molar refractivity (Wildman–Crippen MR) is 218 cm³/mol. The molecule has 0 amide bonds. The van der Waals surface area contributed by atoms with Crippen molar-refractivity contribution in [3.05, 3.63) is 184 Å². The third kappa shape index (κ3) is 4.59. The molecule has 0 fully saturated rings. The lowest BCUT2D eigenvalue weighted by Crippen LogP contribution is -2.19. The van der Waals surface area contributed by atoms with Gasteiger partial charge in [-0.15, -0.1) is 0 Å². The summed E-state index contributed by atoms with van der Waals surface area (Å²) in [7, 11) is 0. The molecular formula is C50H39NO2. The van der Waals surface area contributed by atoms with Crippen molar-refractivity contribution in [2.24, 2.45) is 0 Å². The molecule has 0 saturated carbocycles. The summed E-state index contributed by atoms with van der Waals surface area (Å²) in [5.41, 5.74) is 15.9. The summed E-state index contributed by atoms with van der Waals surface area (Å²) in [6.45, 7) is 9.38. The van der Waals surface area contributed by atoms with E-state index in [0.717, 1.165) is 46.2 Å². The summed E-state index contributed by atoms with van der Waals surface area (Å²) >= 11 is 0. The van der Waals surface area contributed by atoms with E-state index in [1.807, 2.05) is 48.5 Å². The molecule has 0 aliphatic heterocycles. The Morgan fingerprint density at radius 1 is 0.547 bits per heavy atom. The Morgan fingerprint density at radius 3 is 1.79 bits per heavy atom. The smallest absolute Gasteiger partial charge is 0.197 e. The molecule has 3 nitrogen and oxygen atoms in total. The summed E-state index contributed by atoms with van der Waals surface area (Å²) in [4.78, 5) is 29.5. The minimum absolute atomic E-state index is 0.0570. The number of allylic oxidation sites excluding steroid dienone is 5. The van der Waals surface area contributed by atoms with Crippen LogP contribution in [0.15, 0.2) is 145 Å². The number of ketones is 2. The Kier molecular flexibility index (Phi) is 6.70. The fraction of sp³-hybridized carbons (Fsp3) is 0.160. The number of hydrogen-bond donors (Lipinski definition) is 0. The molecule has 0 heterocycles. The fourth-order valence-corrected chi connectivity index (χ4v) is 9.46. The van der Waals surface area contributed by atoms with Gasteiger partial charge in [0.15, 0.2) is 11.6 Å². The fourth-order valence-electron chi connectivity index (χ4n) is 9.46. The molecule has 6 aromatic carbocycles. The zero-order valence-corrected chi connectivity index (χ0v) is 30.5. The quantitative estimate of drug-likeness (QED) is 0.137. The number of benzene rings is 6. The van der Waals surface area contributed by atoms with Crippen molar-refractivity contribution in [3.63, 3.8) is 0 Å². The number of fused-ring (bicyclic) bond motifs is 7. The van der Waals surface area contributed by atoms with Gasteiger partial charge in [-0.3, -0.25) is 9.59 Å². The van der Waals surface area contributed by atoms with Crippen LogP contribution in [0.25, 0.3) is 33.5 Å². The van der Waals surface area contributed by atoms with E-state index < -0.39 is 0 Å². The van der Waals surface area contributed by atoms with Crippen LogP contribution in [0.4, 0.5) is 17.1 Å². The van der Waals surface area contributed by atoms with Crippen LogP contribution in [-0.2, 0) is 10.8 Å². The number of Topliss-reactive ketones (excluding diaryl/α,β-unsaturated/α-hetero) is 2. The van der Waals surface area contributed by atoms with Crippen LogP contribution in [0.2, 0.25) is 0 Å². The van der Waals surface area contributed by atoms with Gasteiger partial charge >= 0.3 is 0 Å². The number of carbonyl (C=O) groups is 2. The zero-order chi connectivity index (χ0) is 36.2. The van der Waals surface area contributed by atoms with E-state index in [1.54, 1.807) is 6.08 Å². The van der Waals surface area contributed by atoms with Crippen molar-refractivity contribution >= 4 is 51.1 Å². The predicted octanol–water partition coefficient (Wildman–Crippen LogP) is 12.5. The van der Waals surface area contributed by atoms with Crippen LogP contribution < -0.4 is 4.90 Å². The molecule has 4 aliphatic rings. The van der Waals surface area contributed by atoms with Gasteiger partial charge in [0.1, 0.15) is 0 Å². The number of hydrogen-bond acceptors (Lipinski definition) is 3. The van der Waals surface area contributed by atoms with Crippen molar-refractivity contribution in [3.8, 4) is 11.1 Å². The molecule has 10 rings (SSSR count). The molecule has 0 bridgehead atoms. The lowest BCUT2D eigenvalue weighted by Gasteiger charge is -2.30. The highest BCUT2D eigenvalue weighted by molar-refractivity contribution is 6.42. The van der Waals surface area contributed by atoms with Crippen LogP contribution >= 0.6 is 0 Å². The molecule has 0 radical (unpaired) electrons. The molecule has 0 spiro atoms. The van der Waals surface area contributed by atoms with Crippen molar-refractivity contribution in [1.82, 2.24) is 0 Å². The Bertz CT molecular complexity index is 2640. The van der Waals surface area contributed by atoms with Gasteiger partial charge in [0, 0.05) is 39.0 Å². The van der Waals surface area contributed by atoms with Gasteiger partial charge in [-0.2, -0.15) is 0 Å².